The summed E-state index contributed by atoms with van der Waals surface area (Å²) in [6.45, 7) is 12.1. The van der Waals surface area contributed by atoms with Crippen LogP contribution in [0.15, 0.2) is 43.0 Å². The molecule has 0 bridgehead atoms. The smallest absolute Gasteiger partial charge is 0.246 e. The minimum Gasteiger partial charge on any atom is -0.508 e. The summed E-state index contributed by atoms with van der Waals surface area (Å²) < 4.78 is 29.6. The van der Waals surface area contributed by atoms with Crippen LogP contribution in [0.1, 0.15) is 25.1 Å². The van der Waals surface area contributed by atoms with Gasteiger partial charge in [-0.1, -0.05) is 12.1 Å². The average Bonchev–Trinajstić information content (AvgIpc) is 2.98. The second-order valence-electron chi connectivity index (χ2n) is 12.0. The molecule has 2 fully saturated rings. The molecule has 0 radical (unpaired) electrons. The van der Waals surface area contributed by atoms with Gasteiger partial charge in [-0.25, -0.2) is 18.8 Å². The molecule has 14 heteroatoms. The number of pyridine rings is 1. The first-order chi connectivity index (χ1) is 21.9. The summed E-state index contributed by atoms with van der Waals surface area (Å²) in [5, 5.41) is 10.7. The monoisotopic (exact) mass is 642 g/mol. The third kappa shape index (κ3) is 8.23. The summed E-state index contributed by atoms with van der Waals surface area (Å²) in [5.41, 5.74) is 0.0259. The lowest BCUT2D eigenvalue weighted by Crippen LogP contribution is -2.64. The van der Waals surface area contributed by atoms with Crippen molar-refractivity contribution < 1.29 is 28.3 Å². The number of carbonyl (C=O) groups is 3. The van der Waals surface area contributed by atoms with E-state index < -0.39 is 53.8 Å². The topological polar surface area (TPSA) is 130 Å². The number of carbonyl (C=O) groups excluding carboxylic acids is 3. The van der Waals surface area contributed by atoms with Gasteiger partial charge in [0.1, 0.15) is 29.2 Å². The zero-order valence-electron chi connectivity index (χ0n) is 26.7. The Morgan fingerprint density at radius 1 is 1.20 bits per heavy atom. The number of phenols is 1. The van der Waals surface area contributed by atoms with Gasteiger partial charge in [0.25, 0.3) is 0 Å². The largest absolute Gasteiger partial charge is 0.508 e. The van der Waals surface area contributed by atoms with Crippen molar-refractivity contribution in [3.05, 3.63) is 65.9 Å². The molecular weight excluding hydrogens is 598 g/mol. The van der Waals surface area contributed by atoms with Crippen molar-refractivity contribution in [2.45, 2.75) is 44.9 Å². The van der Waals surface area contributed by atoms with Gasteiger partial charge in [0.15, 0.2) is 0 Å². The Morgan fingerprint density at radius 2 is 1.89 bits per heavy atom. The first kappa shape index (κ1) is 34.9. The highest BCUT2D eigenvalue weighted by atomic mass is 19.1. The molecule has 4 rings (SSSR count). The van der Waals surface area contributed by atoms with E-state index in [1.54, 1.807) is 13.0 Å². The van der Waals surface area contributed by atoms with Crippen molar-refractivity contribution in [3.8, 4) is 5.75 Å². The highest BCUT2D eigenvalue weighted by Crippen LogP contribution is 2.26. The summed E-state index contributed by atoms with van der Waals surface area (Å²) in [6, 6.07) is 6.30. The Bertz CT molecular complexity index is 1380. The number of likely N-dealkylation sites (N-methyl/N-ethyl adjacent to an activating group) is 2. The number of imide groups is 1. The van der Waals surface area contributed by atoms with Crippen molar-refractivity contribution in [2.24, 2.45) is 5.84 Å². The Hall–Kier alpha value is -3.98. The fourth-order valence-corrected chi connectivity index (χ4v) is 5.84. The maximum Gasteiger partial charge on any atom is 0.246 e. The van der Waals surface area contributed by atoms with Crippen LogP contribution in [0.4, 0.5) is 14.6 Å². The predicted molar refractivity (Wildman–Crippen MR) is 169 cm³/mol. The fourth-order valence-electron chi connectivity index (χ4n) is 5.84. The predicted octanol–water partition coefficient (Wildman–Crippen LogP) is 1.20. The number of hydrogen-bond donors (Lipinski definition) is 2. The standard InChI is InChI=1S/C32H44F2N8O4/c1-5-10-41(35)20-31(45)42(21-43)29(15-26-27(33)13-25(44)14-28(26)34)32(46)38(6-2)17-23-8-7-9-30(36-23)40-18-24(19-40)39-12-11-37(4)22(3)16-39/h5,7-9,13-14,21-22,24,29,44H,1,6,10-12,15-20,35H2,2-4H3/t22-,29-/m0/s1. The molecule has 2 aromatic rings. The molecule has 1 aromatic heterocycles. The second kappa shape index (κ2) is 15.5. The van der Waals surface area contributed by atoms with Crippen LogP contribution in [0.25, 0.3) is 0 Å². The summed E-state index contributed by atoms with van der Waals surface area (Å²) in [5.74, 6) is 2.18. The first-order valence-corrected chi connectivity index (χ1v) is 15.4. The number of phenolic OH excluding ortho intramolecular Hbond substituents is 1. The van der Waals surface area contributed by atoms with Crippen molar-refractivity contribution in [1.82, 2.24) is 29.6 Å². The SMILES string of the molecule is C=CCN(N)CC(=O)N(C=O)[C@@H](Cc1c(F)cc(O)cc1F)C(=O)N(CC)Cc1cccc(N2CC(N3CCN(C)[C@@H](C)C3)C2)n1. The minimum atomic E-state index is -1.60. The quantitative estimate of drug-likeness (QED) is 0.134. The number of hydrazine groups is 1. The van der Waals surface area contributed by atoms with Gasteiger partial charge in [0, 0.05) is 82.0 Å². The van der Waals surface area contributed by atoms with Crippen LogP contribution in [0.5, 0.6) is 5.75 Å². The zero-order chi connectivity index (χ0) is 33.5. The number of amides is 3. The number of aromatic nitrogens is 1. The zero-order valence-corrected chi connectivity index (χ0v) is 26.7. The van der Waals surface area contributed by atoms with Crippen LogP contribution in [-0.2, 0) is 27.3 Å². The van der Waals surface area contributed by atoms with E-state index >= 15 is 0 Å². The lowest BCUT2D eigenvalue weighted by Gasteiger charge is -2.49. The van der Waals surface area contributed by atoms with E-state index in [9.17, 15) is 28.3 Å². The van der Waals surface area contributed by atoms with E-state index in [-0.39, 0.29) is 26.0 Å². The van der Waals surface area contributed by atoms with Crippen LogP contribution < -0.4 is 10.7 Å². The van der Waals surface area contributed by atoms with Crippen LogP contribution in [0.2, 0.25) is 0 Å². The van der Waals surface area contributed by atoms with Crippen LogP contribution in [-0.4, -0.2) is 130 Å². The molecule has 2 atom stereocenters. The second-order valence-corrected chi connectivity index (χ2v) is 12.0. The van der Waals surface area contributed by atoms with E-state index in [4.69, 9.17) is 10.8 Å². The lowest BCUT2D eigenvalue weighted by molar-refractivity contribution is -0.151. The molecule has 0 aliphatic carbocycles. The van der Waals surface area contributed by atoms with Crippen LogP contribution in [0.3, 0.4) is 0 Å². The molecule has 3 amide bonds. The van der Waals surface area contributed by atoms with Gasteiger partial charge in [-0.2, -0.15) is 0 Å². The van der Waals surface area contributed by atoms with Crippen molar-refractivity contribution in [2.75, 3.05) is 64.3 Å². The highest BCUT2D eigenvalue weighted by Gasteiger charge is 2.37. The highest BCUT2D eigenvalue weighted by molar-refractivity contribution is 5.95. The van der Waals surface area contributed by atoms with Gasteiger partial charge in [-0.15, -0.1) is 6.58 Å². The molecule has 2 aliphatic rings. The average molecular weight is 643 g/mol. The summed E-state index contributed by atoms with van der Waals surface area (Å²) in [4.78, 5) is 53.3. The molecule has 3 N–H and O–H groups in total. The first-order valence-electron chi connectivity index (χ1n) is 15.4. The van der Waals surface area contributed by atoms with E-state index in [0.717, 1.165) is 43.6 Å². The number of rotatable bonds is 14. The minimum absolute atomic E-state index is 0.0355. The number of benzene rings is 1. The molecule has 0 spiro atoms. The lowest BCUT2D eigenvalue weighted by atomic mass is 10.0. The van der Waals surface area contributed by atoms with Crippen molar-refractivity contribution >= 4 is 24.0 Å². The Morgan fingerprint density at radius 3 is 2.50 bits per heavy atom. The molecule has 250 valence electrons. The van der Waals surface area contributed by atoms with Crippen molar-refractivity contribution in [3.63, 3.8) is 0 Å². The molecular formula is C32H44F2N8O4. The Kier molecular flexibility index (Phi) is 11.8. The number of halogens is 2. The third-order valence-corrected chi connectivity index (χ3v) is 8.78. The molecule has 2 saturated heterocycles. The maximum absolute atomic E-state index is 14.8. The Balaban J connectivity index is 1.52. The molecule has 1 aromatic carbocycles. The van der Waals surface area contributed by atoms with Gasteiger partial charge in [0.2, 0.25) is 18.2 Å². The van der Waals surface area contributed by atoms with Gasteiger partial charge in [-0.05, 0) is 33.0 Å². The van der Waals surface area contributed by atoms with Gasteiger partial charge < -0.3 is 19.8 Å². The van der Waals surface area contributed by atoms with Crippen molar-refractivity contribution in [1.29, 1.82) is 0 Å². The number of anilines is 1. The number of nitrogens with zero attached hydrogens (tertiary/aromatic N) is 7. The summed E-state index contributed by atoms with van der Waals surface area (Å²) in [7, 11) is 2.15. The molecule has 2 aliphatic heterocycles. The Labute approximate surface area is 268 Å². The van der Waals surface area contributed by atoms with E-state index in [0.29, 0.717) is 34.8 Å². The number of piperazine rings is 1. The van der Waals surface area contributed by atoms with Crippen LogP contribution in [0, 0.1) is 11.6 Å². The van der Waals surface area contributed by atoms with E-state index in [2.05, 4.69) is 35.3 Å². The number of hydrogen-bond acceptors (Lipinski definition) is 10. The fraction of sp³-hybridized carbons (Fsp3) is 0.500. The molecule has 0 saturated carbocycles. The normalized spacial score (nSPS) is 18.2. The van der Waals surface area contributed by atoms with Crippen LogP contribution >= 0.6 is 0 Å². The summed E-state index contributed by atoms with van der Waals surface area (Å²) in [6.07, 6.45) is 0.962. The van der Waals surface area contributed by atoms with Gasteiger partial charge in [0.05, 0.1) is 18.8 Å². The molecule has 12 nitrogen and oxygen atoms in total. The van der Waals surface area contributed by atoms with Gasteiger partial charge >= 0.3 is 0 Å². The van der Waals surface area contributed by atoms with E-state index in [1.165, 1.54) is 11.0 Å². The molecule has 3 heterocycles. The number of nitrogens with two attached hydrogens (primary N) is 1. The number of aromatic hydroxyl groups is 1. The molecule has 0 unspecified atom stereocenters. The maximum atomic E-state index is 14.8. The molecule has 46 heavy (non-hydrogen) atoms. The summed E-state index contributed by atoms with van der Waals surface area (Å²) >= 11 is 0. The van der Waals surface area contributed by atoms with E-state index in [1.807, 2.05) is 12.1 Å². The van der Waals surface area contributed by atoms with Gasteiger partial charge in [-0.3, -0.25) is 30.0 Å². The third-order valence-electron chi connectivity index (χ3n) is 8.78.